The molecule has 2 fully saturated rings. The normalized spacial score (nSPS) is 39.4. The molecule has 2 heterocycles. The van der Waals surface area contributed by atoms with Gasteiger partial charge in [-0.2, -0.15) is 0 Å². The number of piperidine rings is 1. The van der Waals surface area contributed by atoms with Crippen molar-refractivity contribution in [2.24, 2.45) is 17.8 Å². The minimum Gasteiger partial charge on any atom is -0.481 e. The number of aromatic nitrogens is 1. The van der Waals surface area contributed by atoms with Gasteiger partial charge in [0.25, 0.3) is 0 Å². The molecule has 1 saturated heterocycles. The number of rotatable bonds is 2. The van der Waals surface area contributed by atoms with Gasteiger partial charge in [0.1, 0.15) is 0 Å². The molecule has 4 nitrogen and oxygen atoms in total. The Morgan fingerprint density at radius 3 is 3.14 bits per heavy atom. The van der Waals surface area contributed by atoms with Gasteiger partial charge >= 0.3 is 5.97 Å². The number of aliphatic carboxylic acids is 1. The Morgan fingerprint density at radius 1 is 1.71 bits per heavy atom. The smallest absolute Gasteiger partial charge is 0.307 e. The first-order valence-electron chi connectivity index (χ1n) is 4.63. The highest BCUT2D eigenvalue weighted by atomic mass is 32.1. The van der Waals surface area contributed by atoms with Crippen LogP contribution >= 0.6 is 11.3 Å². The van der Waals surface area contributed by atoms with Crippen molar-refractivity contribution in [3.63, 3.8) is 0 Å². The van der Waals surface area contributed by atoms with E-state index in [0.717, 1.165) is 6.54 Å². The van der Waals surface area contributed by atoms with Gasteiger partial charge in [-0.05, 0) is 18.4 Å². The van der Waals surface area contributed by atoms with Crippen molar-refractivity contribution in [2.45, 2.75) is 6.04 Å². The van der Waals surface area contributed by atoms with E-state index in [4.69, 9.17) is 5.11 Å². The molecule has 4 atom stereocenters. The van der Waals surface area contributed by atoms with E-state index in [9.17, 15) is 4.79 Å². The maximum absolute atomic E-state index is 10.9. The third-order valence-corrected chi connectivity index (χ3v) is 4.09. The second-order valence-electron chi connectivity index (χ2n) is 3.89. The van der Waals surface area contributed by atoms with E-state index in [0.29, 0.717) is 11.8 Å². The first-order valence-corrected chi connectivity index (χ1v) is 5.51. The highest BCUT2D eigenvalue weighted by molar-refractivity contribution is 7.09. The van der Waals surface area contributed by atoms with Gasteiger partial charge in [-0.15, -0.1) is 11.3 Å². The molecule has 74 valence electrons. The molecule has 1 aliphatic carbocycles. The van der Waals surface area contributed by atoms with E-state index < -0.39 is 5.97 Å². The van der Waals surface area contributed by atoms with Crippen LogP contribution in [0.3, 0.4) is 0 Å². The molecule has 0 radical (unpaired) electrons. The number of nitrogens with one attached hydrogen (secondary N) is 1. The van der Waals surface area contributed by atoms with Crippen LogP contribution < -0.4 is 5.32 Å². The van der Waals surface area contributed by atoms with Crippen LogP contribution in [0.2, 0.25) is 0 Å². The van der Waals surface area contributed by atoms with E-state index in [2.05, 4.69) is 10.3 Å². The van der Waals surface area contributed by atoms with Crippen molar-refractivity contribution in [2.75, 3.05) is 6.54 Å². The molecule has 2 aliphatic rings. The number of nitrogens with zero attached hydrogens (tertiary/aromatic N) is 1. The molecule has 4 unspecified atom stereocenters. The number of carboxylic acid groups (broad SMARTS) is 1. The number of fused-ring (bicyclic) bond motifs is 1. The van der Waals surface area contributed by atoms with Gasteiger partial charge in [-0.3, -0.25) is 9.78 Å². The lowest BCUT2D eigenvalue weighted by Gasteiger charge is -2.11. The molecule has 1 aliphatic heterocycles. The van der Waals surface area contributed by atoms with Gasteiger partial charge in [0, 0.05) is 17.1 Å². The number of carboxylic acids is 1. The number of hydrogen-bond acceptors (Lipinski definition) is 4. The molecule has 2 N–H and O–H groups in total. The van der Waals surface area contributed by atoms with Crippen LogP contribution in [-0.2, 0) is 4.79 Å². The molecule has 1 aromatic heterocycles. The van der Waals surface area contributed by atoms with E-state index in [-0.39, 0.29) is 12.0 Å². The third-order valence-electron chi connectivity index (χ3n) is 3.23. The molecule has 3 rings (SSSR count). The maximum Gasteiger partial charge on any atom is 0.307 e. The lowest BCUT2D eigenvalue weighted by atomic mass is 10.1. The van der Waals surface area contributed by atoms with Gasteiger partial charge in [0.15, 0.2) is 0 Å². The van der Waals surface area contributed by atoms with Crippen LogP contribution in [0, 0.1) is 17.8 Å². The van der Waals surface area contributed by atoms with Crippen LogP contribution in [0.5, 0.6) is 0 Å². The minimum atomic E-state index is -0.643. The molecule has 14 heavy (non-hydrogen) atoms. The highest BCUT2D eigenvalue weighted by Crippen LogP contribution is 2.57. The summed E-state index contributed by atoms with van der Waals surface area (Å²) in [5.74, 6) is -0.119. The van der Waals surface area contributed by atoms with Crippen molar-refractivity contribution < 1.29 is 9.90 Å². The SMILES string of the molecule is O=C(O)C1C2CNC(c3cncs3)C21. The zero-order valence-corrected chi connectivity index (χ0v) is 8.20. The molecule has 5 heteroatoms. The molecule has 0 aromatic carbocycles. The summed E-state index contributed by atoms with van der Waals surface area (Å²) >= 11 is 1.60. The van der Waals surface area contributed by atoms with E-state index >= 15 is 0 Å². The fourth-order valence-corrected chi connectivity index (χ4v) is 3.29. The van der Waals surface area contributed by atoms with E-state index in [1.165, 1.54) is 4.88 Å². The fourth-order valence-electron chi connectivity index (χ4n) is 2.53. The summed E-state index contributed by atoms with van der Waals surface area (Å²) in [4.78, 5) is 16.0. The number of carbonyl (C=O) groups is 1. The average Bonchev–Trinajstić information content (AvgIpc) is 2.57. The first kappa shape index (κ1) is 8.38. The van der Waals surface area contributed by atoms with Crippen molar-refractivity contribution in [1.82, 2.24) is 10.3 Å². The Balaban J connectivity index is 1.82. The van der Waals surface area contributed by atoms with Gasteiger partial charge in [0.05, 0.1) is 11.4 Å². The van der Waals surface area contributed by atoms with Gasteiger partial charge in [0.2, 0.25) is 0 Å². The molecule has 0 amide bonds. The summed E-state index contributed by atoms with van der Waals surface area (Å²) in [7, 11) is 0. The molecule has 1 aromatic rings. The van der Waals surface area contributed by atoms with Gasteiger partial charge in [-0.25, -0.2) is 0 Å². The monoisotopic (exact) mass is 210 g/mol. The second kappa shape index (κ2) is 2.77. The number of thiazole rings is 1. The lowest BCUT2D eigenvalue weighted by Crippen LogP contribution is -2.22. The summed E-state index contributed by atoms with van der Waals surface area (Å²) in [6, 6.07) is 0.230. The maximum atomic E-state index is 10.9. The average molecular weight is 210 g/mol. The zero-order valence-electron chi connectivity index (χ0n) is 7.38. The Kier molecular flexibility index (Phi) is 1.66. The summed E-state index contributed by atoms with van der Waals surface area (Å²) in [5, 5.41) is 12.3. The van der Waals surface area contributed by atoms with Crippen molar-refractivity contribution in [3.8, 4) is 0 Å². The van der Waals surface area contributed by atoms with Crippen molar-refractivity contribution in [3.05, 3.63) is 16.6 Å². The second-order valence-corrected chi connectivity index (χ2v) is 4.81. The Hall–Kier alpha value is -0.940. The summed E-state index contributed by atoms with van der Waals surface area (Å²) in [6.45, 7) is 0.838. The zero-order chi connectivity index (χ0) is 9.71. The quantitative estimate of drug-likeness (QED) is 0.755. The molecular formula is C9H10N2O2S. The number of hydrogen-bond donors (Lipinski definition) is 2. The van der Waals surface area contributed by atoms with Crippen LogP contribution in [0.1, 0.15) is 10.9 Å². The molecule has 0 spiro atoms. The minimum absolute atomic E-state index is 0.122. The Labute approximate surface area is 85.0 Å². The summed E-state index contributed by atoms with van der Waals surface area (Å²) in [5.41, 5.74) is 1.79. The molecule has 0 bridgehead atoms. The largest absolute Gasteiger partial charge is 0.481 e. The predicted molar refractivity (Wildman–Crippen MR) is 51.0 cm³/mol. The Bertz CT molecular complexity index is 365. The first-order chi connectivity index (χ1) is 6.79. The molecule has 1 saturated carbocycles. The van der Waals surface area contributed by atoms with E-state index in [1.54, 1.807) is 16.8 Å². The predicted octanol–water partition coefficient (Wildman–Crippen LogP) is 0.734. The lowest BCUT2D eigenvalue weighted by molar-refractivity contribution is -0.139. The highest BCUT2D eigenvalue weighted by Gasteiger charge is 2.62. The van der Waals surface area contributed by atoms with Crippen LogP contribution in [0.15, 0.2) is 11.7 Å². The van der Waals surface area contributed by atoms with E-state index in [1.807, 2.05) is 6.20 Å². The summed E-state index contributed by atoms with van der Waals surface area (Å²) < 4.78 is 0. The van der Waals surface area contributed by atoms with Crippen molar-refractivity contribution >= 4 is 17.3 Å². The van der Waals surface area contributed by atoms with Gasteiger partial charge < -0.3 is 10.4 Å². The summed E-state index contributed by atoms with van der Waals surface area (Å²) in [6.07, 6.45) is 1.84. The van der Waals surface area contributed by atoms with Crippen molar-refractivity contribution in [1.29, 1.82) is 0 Å². The molecular weight excluding hydrogens is 200 g/mol. The van der Waals surface area contributed by atoms with Crippen LogP contribution in [0.25, 0.3) is 0 Å². The Morgan fingerprint density at radius 2 is 2.57 bits per heavy atom. The van der Waals surface area contributed by atoms with Gasteiger partial charge in [-0.1, -0.05) is 0 Å². The standard InChI is InChI=1S/C9H10N2O2S/c12-9(13)7-4-1-11-8(6(4)7)5-2-10-3-14-5/h2-4,6-8,11H,1H2,(H,12,13). The van der Waals surface area contributed by atoms with Crippen LogP contribution in [0.4, 0.5) is 0 Å². The third kappa shape index (κ3) is 1.02. The topological polar surface area (TPSA) is 62.2 Å². The van der Waals surface area contributed by atoms with Crippen LogP contribution in [-0.4, -0.2) is 22.6 Å². The fraction of sp³-hybridized carbons (Fsp3) is 0.556.